The summed E-state index contributed by atoms with van der Waals surface area (Å²) in [6.07, 6.45) is -4.56. The highest BCUT2D eigenvalue weighted by Gasteiger charge is 2.33. The average Bonchev–Trinajstić information content (AvgIpc) is 2.81. The molecule has 114 valence electrons. The molecule has 0 aromatic carbocycles. The van der Waals surface area contributed by atoms with Crippen LogP contribution in [0.15, 0.2) is 16.2 Å². The summed E-state index contributed by atoms with van der Waals surface area (Å²) in [5, 5.41) is 6.97. The van der Waals surface area contributed by atoms with Crippen molar-refractivity contribution in [3.05, 3.63) is 32.5 Å². The number of aromatic amines is 1. The Hall–Kier alpha value is -2.10. The predicted octanol–water partition coefficient (Wildman–Crippen LogP) is 2.29. The first kappa shape index (κ1) is 15.3. The second kappa shape index (κ2) is 6.12. The van der Waals surface area contributed by atoms with Gasteiger partial charge in [-0.25, -0.2) is 4.98 Å². The molecular weight excluding hydrogens is 307 g/mol. The topological polar surface area (TPSA) is 82.7 Å². The summed E-state index contributed by atoms with van der Waals surface area (Å²) in [5.41, 5.74) is -0.461. The normalized spacial score (nSPS) is 11.4. The van der Waals surface area contributed by atoms with Crippen molar-refractivity contribution in [1.82, 2.24) is 15.0 Å². The minimum absolute atomic E-state index is 0.0281. The highest BCUT2D eigenvalue weighted by Crippen LogP contribution is 2.29. The molecule has 0 amide bonds. The number of anilines is 2. The molecule has 3 N–H and O–H groups in total. The van der Waals surface area contributed by atoms with Crippen molar-refractivity contribution >= 4 is 23.1 Å². The van der Waals surface area contributed by atoms with Crippen molar-refractivity contribution in [3.63, 3.8) is 0 Å². The first-order valence-corrected chi connectivity index (χ1v) is 6.87. The van der Waals surface area contributed by atoms with E-state index in [0.29, 0.717) is 12.2 Å². The van der Waals surface area contributed by atoms with Crippen molar-refractivity contribution < 1.29 is 13.2 Å². The molecule has 10 heteroatoms. The molecule has 2 aromatic heterocycles. The van der Waals surface area contributed by atoms with Gasteiger partial charge in [0, 0.05) is 23.7 Å². The number of halogens is 3. The maximum Gasteiger partial charge on any atom is 0.433 e. The molecule has 6 nitrogen and oxygen atoms in total. The van der Waals surface area contributed by atoms with Gasteiger partial charge >= 0.3 is 11.0 Å². The summed E-state index contributed by atoms with van der Waals surface area (Å²) in [7, 11) is 0. The summed E-state index contributed by atoms with van der Waals surface area (Å²) in [6.45, 7) is 2.30. The lowest BCUT2D eigenvalue weighted by Crippen LogP contribution is -2.14. The van der Waals surface area contributed by atoms with Crippen LogP contribution in [0.2, 0.25) is 0 Å². The lowest BCUT2D eigenvalue weighted by Gasteiger charge is -2.11. The van der Waals surface area contributed by atoms with Gasteiger partial charge in [0.05, 0.1) is 6.54 Å². The second-order valence-corrected chi connectivity index (χ2v) is 4.86. The third kappa shape index (κ3) is 4.18. The molecule has 0 aliphatic carbocycles. The number of hydrogen-bond acceptors (Lipinski definition) is 6. The standard InChI is InChI=1S/C11H12F3N5OS/c1-2-15-9-18-7(11(12,13)14)3-8(19-9)16-4-6-5-21-10(20)17-6/h3,5H,2,4H2,1H3,(H,17,20)(H2,15,16,18,19). The van der Waals surface area contributed by atoms with Crippen LogP contribution in [0, 0.1) is 0 Å². The molecular formula is C11H12F3N5OS. The van der Waals surface area contributed by atoms with Crippen LogP contribution in [0.25, 0.3) is 0 Å². The third-order valence-corrected chi connectivity index (χ3v) is 3.10. The van der Waals surface area contributed by atoms with Gasteiger partial charge in [-0.2, -0.15) is 18.2 Å². The van der Waals surface area contributed by atoms with Crippen molar-refractivity contribution in [1.29, 1.82) is 0 Å². The molecule has 0 unspecified atom stereocenters. The molecule has 0 aliphatic rings. The number of nitrogens with zero attached hydrogens (tertiary/aromatic N) is 2. The number of hydrogen-bond donors (Lipinski definition) is 3. The molecule has 0 aliphatic heterocycles. The quantitative estimate of drug-likeness (QED) is 0.787. The summed E-state index contributed by atoms with van der Waals surface area (Å²) >= 11 is 0.982. The molecule has 2 aromatic rings. The van der Waals surface area contributed by atoms with Crippen LogP contribution in [0.3, 0.4) is 0 Å². The van der Waals surface area contributed by atoms with E-state index in [1.165, 1.54) is 0 Å². The molecule has 0 bridgehead atoms. The maximum absolute atomic E-state index is 12.8. The first-order chi connectivity index (χ1) is 9.88. The van der Waals surface area contributed by atoms with Crippen LogP contribution in [0.5, 0.6) is 0 Å². The van der Waals surface area contributed by atoms with E-state index in [0.717, 1.165) is 17.4 Å². The highest BCUT2D eigenvalue weighted by molar-refractivity contribution is 7.07. The number of nitrogens with one attached hydrogen (secondary N) is 3. The molecule has 21 heavy (non-hydrogen) atoms. The van der Waals surface area contributed by atoms with Crippen LogP contribution in [0.4, 0.5) is 24.9 Å². The van der Waals surface area contributed by atoms with Crippen LogP contribution in [-0.4, -0.2) is 21.5 Å². The van der Waals surface area contributed by atoms with E-state index in [4.69, 9.17) is 0 Å². The Kier molecular flexibility index (Phi) is 4.46. The maximum atomic E-state index is 12.8. The number of aromatic nitrogens is 3. The Bertz CT molecular complexity index is 666. The fraction of sp³-hybridized carbons (Fsp3) is 0.364. The Balaban J connectivity index is 2.21. The highest BCUT2D eigenvalue weighted by atomic mass is 32.1. The van der Waals surface area contributed by atoms with Gasteiger partial charge in [0.2, 0.25) is 5.95 Å². The van der Waals surface area contributed by atoms with Gasteiger partial charge in [-0.05, 0) is 6.92 Å². The third-order valence-electron chi connectivity index (χ3n) is 2.38. The Morgan fingerprint density at radius 2 is 2.10 bits per heavy atom. The Morgan fingerprint density at radius 3 is 2.67 bits per heavy atom. The molecule has 2 rings (SSSR count). The van der Waals surface area contributed by atoms with Crippen molar-refractivity contribution in [2.75, 3.05) is 17.2 Å². The summed E-state index contributed by atoms with van der Waals surface area (Å²) in [4.78, 5) is 20.7. The molecule has 2 heterocycles. The number of rotatable bonds is 5. The zero-order valence-corrected chi connectivity index (χ0v) is 11.7. The zero-order chi connectivity index (χ0) is 15.5. The van der Waals surface area contributed by atoms with E-state index >= 15 is 0 Å². The summed E-state index contributed by atoms with van der Waals surface area (Å²) in [5.74, 6) is -0.0750. The SMILES string of the molecule is CCNc1nc(NCc2csc(=O)[nH]2)cc(C(F)(F)F)n1. The largest absolute Gasteiger partial charge is 0.433 e. The van der Waals surface area contributed by atoms with E-state index in [-0.39, 0.29) is 23.2 Å². The predicted molar refractivity (Wildman–Crippen MR) is 73.5 cm³/mol. The number of thiazole rings is 1. The lowest BCUT2D eigenvalue weighted by molar-refractivity contribution is -0.141. The Labute approximate surface area is 121 Å². The van der Waals surface area contributed by atoms with Gasteiger partial charge in [0.25, 0.3) is 0 Å². The van der Waals surface area contributed by atoms with Crippen molar-refractivity contribution in [2.24, 2.45) is 0 Å². The minimum Gasteiger partial charge on any atom is -0.364 e. The fourth-order valence-electron chi connectivity index (χ4n) is 1.51. The fourth-order valence-corrected chi connectivity index (χ4v) is 2.09. The van der Waals surface area contributed by atoms with Gasteiger partial charge in [-0.15, -0.1) is 0 Å². The number of H-pyrrole nitrogens is 1. The van der Waals surface area contributed by atoms with Crippen LogP contribution < -0.4 is 15.5 Å². The molecule has 0 saturated heterocycles. The van der Waals surface area contributed by atoms with E-state index < -0.39 is 11.9 Å². The van der Waals surface area contributed by atoms with Crippen LogP contribution in [-0.2, 0) is 12.7 Å². The minimum atomic E-state index is -4.56. The molecule has 0 fully saturated rings. The average molecular weight is 319 g/mol. The zero-order valence-electron chi connectivity index (χ0n) is 10.9. The molecule has 0 saturated carbocycles. The number of alkyl halides is 3. The monoisotopic (exact) mass is 319 g/mol. The van der Waals surface area contributed by atoms with Crippen molar-refractivity contribution in [2.45, 2.75) is 19.6 Å². The first-order valence-electron chi connectivity index (χ1n) is 5.99. The van der Waals surface area contributed by atoms with Crippen LogP contribution >= 0.6 is 11.3 Å². The van der Waals surface area contributed by atoms with Gasteiger partial charge in [0.15, 0.2) is 5.69 Å². The van der Waals surface area contributed by atoms with E-state index in [2.05, 4.69) is 25.6 Å². The summed E-state index contributed by atoms with van der Waals surface area (Å²) in [6, 6.07) is 0.825. The molecule has 0 radical (unpaired) electrons. The lowest BCUT2D eigenvalue weighted by atomic mass is 10.3. The van der Waals surface area contributed by atoms with Gasteiger partial charge in [-0.3, -0.25) is 4.79 Å². The van der Waals surface area contributed by atoms with E-state index in [1.54, 1.807) is 12.3 Å². The molecule has 0 spiro atoms. The van der Waals surface area contributed by atoms with E-state index in [9.17, 15) is 18.0 Å². The second-order valence-electron chi connectivity index (χ2n) is 4.02. The van der Waals surface area contributed by atoms with Gasteiger partial charge in [-0.1, -0.05) is 11.3 Å². The smallest absolute Gasteiger partial charge is 0.364 e. The van der Waals surface area contributed by atoms with Gasteiger partial charge < -0.3 is 15.6 Å². The van der Waals surface area contributed by atoms with Crippen LogP contribution in [0.1, 0.15) is 18.3 Å². The van der Waals surface area contributed by atoms with E-state index in [1.807, 2.05) is 0 Å². The summed E-state index contributed by atoms with van der Waals surface area (Å²) < 4.78 is 38.3. The van der Waals surface area contributed by atoms with Crippen molar-refractivity contribution in [3.8, 4) is 0 Å². The Morgan fingerprint density at radius 1 is 1.33 bits per heavy atom. The molecule has 0 atom stereocenters. The van der Waals surface area contributed by atoms with Gasteiger partial charge in [0.1, 0.15) is 5.82 Å².